The van der Waals surface area contributed by atoms with Gasteiger partial charge in [-0.3, -0.25) is 10.2 Å². The first-order valence-corrected chi connectivity index (χ1v) is 18.4. The molecule has 1 amide bonds. The van der Waals surface area contributed by atoms with Crippen LogP contribution in [0.15, 0.2) is 150 Å². The zero-order chi connectivity index (χ0) is 36.6. The smallest absolute Gasteiger partial charge is 0.266 e. The van der Waals surface area contributed by atoms with Crippen molar-refractivity contribution in [2.45, 2.75) is 62.7 Å². The maximum absolute atomic E-state index is 14.1. The molecule has 0 unspecified atom stereocenters. The molecule has 0 aliphatic rings. The number of amides is 1. The summed E-state index contributed by atoms with van der Waals surface area (Å²) in [7, 11) is -4.15. The second-order valence-corrected chi connectivity index (χ2v) is 13.9. The lowest BCUT2D eigenvalue weighted by molar-refractivity contribution is -0.191. The van der Waals surface area contributed by atoms with Crippen molar-refractivity contribution >= 4 is 15.9 Å². The van der Waals surface area contributed by atoms with Gasteiger partial charge in [0.25, 0.3) is 15.9 Å². The molecular weight excluding hydrogens is 681 g/mol. The Hall–Kier alpha value is -4.72. The number of rotatable bonds is 20. The fourth-order valence-electron chi connectivity index (χ4n) is 5.32. The molecule has 0 aliphatic carbocycles. The van der Waals surface area contributed by atoms with Gasteiger partial charge in [-0.15, -0.1) is 4.83 Å². The molecule has 10 nitrogen and oxygen atoms in total. The number of aliphatic hydroxyl groups is 1. The molecule has 11 heteroatoms. The molecule has 272 valence electrons. The number of hydrogen-bond acceptors (Lipinski definition) is 8. The van der Waals surface area contributed by atoms with Crippen LogP contribution < -0.4 is 10.3 Å². The highest BCUT2D eigenvalue weighted by atomic mass is 32.2. The van der Waals surface area contributed by atoms with Crippen LogP contribution in [0.4, 0.5) is 0 Å². The van der Waals surface area contributed by atoms with Gasteiger partial charge in [-0.2, -0.15) is 0 Å². The number of carbonyl (C=O) groups is 1. The summed E-state index contributed by atoms with van der Waals surface area (Å²) in [5.74, 6) is -0.851. The molecule has 0 bridgehead atoms. The van der Waals surface area contributed by atoms with E-state index in [2.05, 4.69) is 10.3 Å². The fourth-order valence-corrected chi connectivity index (χ4v) is 6.17. The standard InChI is InChI=1S/C41H44N2O8S/c1-31-22-24-36(25-23-31)52(46,47)43-42-41(45)40(51-29-35-20-12-5-13-21-35)39(50-28-34-18-10-4-11-19-34)38(49-27-33-16-8-3-9-17-33)37(44)30-48-26-32-14-6-2-7-15-32/h2-25,37-40,43-44H,26-30H2,1H3,(H,42,45)/t37-,38+,39+,40-/m1/s1. The quantitative estimate of drug-likeness (QED) is 0.0880. The normalized spacial score (nSPS) is 13.9. The number of hydrazine groups is 1. The largest absolute Gasteiger partial charge is 0.388 e. The second kappa shape index (κ2) is 19.8. The summed E-state index contributed by atoms with van der Waals surface area (Å²) < 4.78 is 51.4. The van der Waals surface area contributed by atoms with E-state index in [0.717, 1.165) is 27.8 Å². The summed E-state index contributed by atoms with van der Waals surface area (Å²) in [6.45, 7) is 1.98. The summed E-state index contributed by atoms with van der Waals surface area (Å²) in [5.41, 5.74) is 6.51. The first-order chi connectivity index (χ1) is 25.3. The minimum absolute atomic E-state index is 0.0269. The van der Waals surface area contributed by atoms with Gasteiger partial charge in [-0.1, -0.05) is 139 Å². The van der Waals surface area contributed by atoms with Crippen molar-refractivity contribution in [2.75, 3.05) is 6.61 Å². The third-order valence-electron chi connectivity index (χ3n) is 8.14. The third kappa shape index (κ3) is 11.9. The molecule has 52 heavy (non-hydrogen) atoms. The zero-order valence-electron chi connectivity index (χ0n) is 28.9. The Morgan fingerprint density at radius 2 is 1.02 bits per heavy atom. The Bertz CT molecular complexity index is 1880. The minimum atomic E-state index is -4.15. The van der Waals surface area contributed by atoms with Gasteiger partial charge in [-0.05, 0) is 41.3 Å². The van der Waals surface area contributed by atoms with E-state index in [1.54, 1.807) is 12.1 Å². The zero-order valence-corrected chi connectivity index (χ0v) is 29.7. The number of hydrogen-bond donors (Lipinski definition) is 3. The maximum atomic E-state index is 14.1. The van der Waals surface area contributed by atoms with Crippen LogP contribution in [0, 0.1) is 6.92 Å². The summed E-state index contributed by atoms with van der Waals surface area (Å²) in [4.78, 5) is 16.3. The van der Waals surface area contributed by atoms with Crippen LogP contribution in [0.1, 0.15) is 27.8 Å². The summed E-state index contributed by atoms with van der Waals surface area (Å²) in [5, 5.41) is 11.7. The minimum Gasteiger partial charge on any atom is -0.388 e. The first kappa shape index (κ1) is 38.5. The molecule has 5 aromatic rings. The van der Waals surface area contributed by atoms with Gasteiger partial charge in [0.1, 0.15) is 18.3 Å². The number of benzene rings is 5. The molecule has 5 aromatic carbocycles. The van der Waals surface area contributed by atoms with E-state index in [1.165, 1.54) is 12.1 Å². The number of aliphatic hydroxyl groups excluding tert-OH is 1. The predicted molar refractivity (Wildman–Crippen MR) is 197 cm³/mol. The molecule has 5 rings (SSSR count). The highest BCUT2D eigenvalue weighted by Gasteiger charge is 2.41. The van der Waals surface area contributed by atoms with Gasteiger partial charge in [0.2, 0.25) is 0 Å². The van der Waals surface area contributed by atoms with Crippen LogP contribution in [0.3, 0.4) is 0 Å². The molecule has 3 N–H and O–H groups in total. The van der Waals surface area contributed by atoms with Crippen molar-refractivity contribution in [3.63, 3.8) is 0 Å². The van der Waals surface area contributed by atoms with Gasteiger partial charge >= 0.3 is 0 Å². The number of ether oxygens (including phenoxy) is 4. The molecule has 0 saturated heterocycles. The van der Waals surface area contributed by atoms with E-state index in [9.17, 15) is 18.3 Å². The monoisotopic (exact) mass is 724 g/mol. The molecule has 0 heterocycles. The Labute approximate surface area is 305 Å². The average Bonchev–Trinajstić information content (AvgIpc) is 3.17. The van der Waals surface area contributed by atoms with Crippen molar-refractivity contribution in [1.29, 1.82) is 0 Å². The number of sulfonamides is 1. The average molecular weight is 725 g/mol. The molecule has 4 atom stereocenters. The maximum Gasteiger partial charge on any atom is 0.266 e. The summed E-state index contributed by atoms with van der Waals surface area (Å²) in [6, 6.07) is 43.7. The van der Waals surface area contributed by atoms with Crippen molar-refractivity contribution in [3.8, 4) is 0 Å². The molecule has 0 fully saturated rings. The summed E-state index contributed by atoms with van der Waals surface area (Å²) >= 11 is 0. The van der Waals surface area contributed by atoms with Crippen LogP contribution in [0.25, 0.3) is 0 Å². The van der Waals surface area contributed by atoms with Crippen molar-refractivity contribution in [3.05, 3.63) is 173 Å². The lowest BCUT2D eigenvalue weighted by atomic mass is 10.0. The highest BCUT2D eigenvalue weighted by molar-refractivity contribution is 7.89. The number of aryl methyl sites for hydroxylation is 1. The third-order valence-corrected chi connectivity index (χ3v) is 9.41. The van der Waals surface area contributed by atoms with E-state index >= 15 is 0 Å². The molecule has 0 radical (unpaired) electrons. The number of nitrogens with one attached hydrogen (secondary N) is 2. The molecule has 0 aliphatic heterocycles. The van der Waals surface area contributed by atoms with Crippen LogP contribution >= 0.6 is 0 Å². The van der Waals surface area contributed by atoms with Crippen molar-refractivity contribution in [1.82, 2.24) is 10.3 Å². The van der Waals surface area contributed by atoms with Gasteiger partial charge in [0.15, 0.2) is 6.10 Å². The van der Waals surface area contributed by atoms with E-state index in [4.69, 9.17) is 18.9 Å². The number of carbonyl (C=O) groups excluding carboxylic acids is 1. The van der Waals surface area contributed by atoms with Crippen LogP contribution in [-0.4, -0.2) is 50.5 Å². The van der Waals surface area contributed by atoms with Crippen LogP contribution in [0.5, 0.6) is 0 Å². The van der Waals surface area contributed by atoms with Crippen LogP contribution in [-0.2, 0) is 60.2 Å². The highest BCUT2D eigenvalue weighted by Crippen LogP contribution is 2.22. The topological polar surface area (TPSA) is 132 Å². The SMILES string of the molecule is Cc1ccc(S(=O)(=O)NNC(=O)[C@H](OCc2ccccc2)[C@@H](OCc2ccccc2)[C@@H](OCc2ccccc2)[C@H](O)COCc2ccccc2)cc1. The van der Waals surface area contributed by atoms with Gasteiger partial charge in [0.05, 0.1) is 37.9 Å². The Balaban J connectivity index is 1.46. The van der Waals surface area contributed by atoms with E-state index in [1.807, 2.05) is 128 Å². The first-order valence-electron chi connectivity index (χ1n) is 16.9. The lowest BCUT2D eigenvalue weighted by Crippen LogP contribution is -2.57. The fraction of sp³-hybridized carbons (Fsp3) is 0.244. The molecule has 0 aromatic heterocycles. The predicted octanol–water partition coefficient (Wildman–Crippen LogP) is 5.64. The lowest BCUT2D eigenvalue weighted by Gasteiger charge is -2.35. The molecule has 0 saturated carbocycles. The summed E-state index contributed by atoms with van der Waals surface area (Å²) in [6.07, 6.45) is -5.21. The van der Waals surface area contributed by atoms with E-state index < -0.39 is 40.3 Å². The molecular formula is C41H44N2O8S. The second-order valence-electron chi connectivity index (χ2n) is 12.2. The Morgan fingerprint density at radius 1 is 0.596 bits per heavy atom. The van der Waals surface area contributed by atoms with Gasteiger partial charge < -0.3 is 24.1 Å². The van der Waals surface area contributed by atoms with Gasteiger partial charge in [-0.25, -0.2) is 8.42 Å². The van der Waals surface area contributed by atoms with Crippen molar-refractivity contribution < 1.29 is 37.3 Å². The van der Waals surface area contributed by atoms with E-state index in [0.29, 0.717) is 0 Å². The Morgan fingerprint density at radius 3 is 1.50 bits per heavy atom. The Kier molecular flexibility index (Phi) is 14.6. The van der Waals surface area contributed by atoms with E-state index in [-0.39, 0.29) is 37.9 Å². The molecule has 0 spiro atoms. The van der Waals surface area contributed by atoms with Crippen molar-refractivity contribution in [2.24, 2.45) is 0 Å². The van der Waals surface area contributed by atoms with Gasteiger partial charge in [0, 0.05) is 0 Å². The van der Waals surface area contributed by atoms with Crippen LogP contribution in [0.2, 0.25) is 0 Å².